The van der Waals surface area contributed by atoms with Crippen molar-refractivity contribution in [2.24, 2.45) is 0 Å². The van der Waals surface area contributed by atoms with Gasteiger partial charge in [-0.05, 0) is 67.5 Å². The van der Waals surface area contributed by atoms with Crippen molar-refractivity contribution in [1.82, 2.24) is 15.5 Å². The molecular formula is C26H28BrCl2N3O2. The fourth-order valence-corrected chi connectivity index (χ4v) is 6.20. The summed E-state index contributed by atoms with van der Waals surface area (Å²) in [5.41, 5.74) is 0.908. The Labute approximate surface area is 218 Å². The molecule has 2 aromatic carbocycles. The Morgan fingerprint density at radius 2 is 1.62 bits per heavy atom. The van der Waals surface area contributed by atoms with Crippen LogP contribution in [0, 0.1) is 0 Å². The lowest BCUT2D eigenvalue weighted by Crippen LogP contribution is -2.64. The maximum Gasteiger partial charge on any atom is 0.243 e. The van der Waals surface area contributed by atoms with Crippen molar-refractivity contribution in [3.05, 3.63) is 68.1 Å². The Hall–Kier alpha value is -1.60. The average Bonchev–Trinajstić information content (AvgIpc) is 3.63. The van der Waals surface area contributed by atoms with Crippen LogP contribution in [-0.2, 0) is 21.4 Å². The van der Waals surface area contributed by atoms with E-state index in [0.29, 0.717) is 29.3 Å². The van der Waals surface area contributed by atoms with Gasteiger partial charge in [0, 0.05) is 46.1 Å². The predicted molar refractivity (Wildman–Crippen MR) is 138 cm³/mol. The van der Waals surface area contributed by atoms with E-state index in [4.69, 9.17) is 23.2 Å². The molecule has 5 nitrogen and oxygen atoms in total. The lowest BCUT2D eigenvalue weighted by atomic mass is 9.79. The van der Waals surface area contributed by atoms with E-state index in [-0.39, 0.29) is 17.4 Å². The van der Waals surface area contributed by atoms with Crippen molar-refractivity contribution >= 4 is 50.9 Å². The van der Waals surface area contributed by atoms with Crippen LogP contribution in [0.25, 0.3) is 0 Å². The minimum absolute atomic E-state index is 0.107. The number of hydrogen-bond acceptors (Lipinski definition) is 3. The molecule has 0 radical (unpaired) electrons. The third-order valence-electron chi connectivity index (χ3n) is 7.71. The minimum Gasteiger partial charge on any atom is -0.349 e. The maximum absolute atomic E-state index is 13.6. The Balaban J connectivity index is 1.37. The fraction of sp³-hybridized carbons (Fsp3) is 0.462. The molecule has 34 heavy (non-hydrogen) atoms. The third kappa shape index (κ3) is 4.88. The van der Waals surface area contributed by atoms with Gasteiger partial charge in [0.25, 0.3) is 0 Å². The van der Waals surface area contributed by atoms with Crippen LogP contribution in [0.2, 0.25) is 10.0 Å². The first-order valence-electron chi connectivity index (χ1n) is 11.8. The van der Waals surface area contributed by atoms with Gasteiger partial charge in [0.05, 0.1) is 5.41 Å². The number of halogens is 3. The van der Waals surface area contributed by atoms with Crippen LogP contribution in [0.3, 0.4) is 0 Å². The van der Waals surface area contributed by atoms with E-state index >= 15 is 0 Å². The van der Waals surface area contributed by atoms with E-state index in [2.05, 4.69) is 31.5 Å². The molecule has 2 amide bonds. The van der Waals surface area contributed by atoms with Gasteiger partial charge in [0.1, 0.15) is 6.04 Å². The Bertz CT molecular complexity index is 1080. The zero-order valence-corrected chi connectivity index (χ0v) is 22.0. The summed E-state index contributed by atoms with van der Waals surface area (Å²) in [5, 5.41) is 7.48. The maximum atomic E-state index is 13.6. The number of nitrogens with one attached hydrogen (secondary N) is 2. The Morgan fingerprint density at radius 3 is 2.21 bits per heavy atom. The van der Waals surface area contributed by atoms with E-state index < -0.39 is 11.5 Å². The highest BCUT2D eigenvalue weighted by Gasteiger charge is 2.53. The highest BCUT2D eigenvalue weighted by Crippen LogP contribution is 2.51. The van der Waals surface area contributed by atoms with Gasteiger partial charge < -0.3 is 15.5 Å². The van der Waals surface area contributed by atoms with Crippen molar-refractivity contribution in [2.75, 3.05) is 19.6 Å². The molecule has 1 atom stereocenters. The first-order valence-corrected chi connectivity index (χ1v) is 13.4. The van der Waals surface area contributed by atoms with Crippen molar-refractivity contribution in [1.29, 1.82) is 0 Å². The molecule has 6 rings (SSSR count). The summed E-state index contributed by atoms with van der Waals surface area (Å²) in [6.07, 6.45) is 4.71. The molecule has 3 saturated heterocycles. The van der Waals surface area contributed by atoms with Crippen molar-refractivity contribution in [3.63, 3.8) is 0 Å². The van der Waals surface area contributed by atoms with Crippen LogP contribution in [0.5, 0.6) is 0 Å². The first kappa shape index (κ1) is 24.1. The summed E-state index contributed by atoms with van der Waals surface area (Å²) in [5.74, 6) is -0.255. The lowest BCUT2D eigenvalue weighted by molar-refractivity contribution is -0.132. The molecule has 1 unspecified atom stereocenters. The van der Waals surface area contributed by atoms with Gasteiger partial charge in [-0.1, -0.05) is 57.3 Å². The number of carbonyl (C=O) groups excluding carboxylic acids is 2. The SMILES string of the molecule is O=C(NC12CCN(CC1)CC2)C(Cc1ccc(Br)cc1)NC(=O)C1(c2ccc(Cl)cc2Cl)CC1. The van der Waals surface area contributed by atoms with Crippen LogP contribution in [0.4, 0.5) is 0 Å². The highest BCUT2D eigenvalue weighted by molar-refractivity contribution is 9.10. The molecule has 2 bridgehead atoms. The number of rotatable bonds is 7. The molecule has 0 spiro atoms. The average molecular weight is 565 g/mol. The van der Waals surface area contributed by atoms with Crippen LogP contribution >= 0.6 is 39.1 Å². The quantitative estimate of drug-likeness (QED) is 0.504. The van der Waals surface area contributed by atoms with Crippen molar-refractivity contribution < 1.29 is 9.59 Å². The molecule has 2 aromatic rings. The smallest absolute Gasteiger partial charge is 0.243 e. The molecule has 8 heteroatoms. The topological polar surface area (TPSA) is 61.4 Å². The predicted octanol–water partition coefficient (Wildman–Crippen LogP) is 4.87. The first-order chi connectivity index (χ1) is 16.3. The Kier molecular flexibility index (Phi) is 6.70. The number of piperidine rings is 3. The molecule has 3 heterocycles. The fourth-order valence-electron chi connectivity index (χ4n) is 5.35. The third-order valence-corrected chi connectivity index (χ3v) is 8.79. The number of hydrogen-bond donors (Lipinski definition) is 2. The standard InChI is InChI=1S/C26H28BrCl2N3O2/c27-18-3-1-17(2-4-18)15-22(23(33)31-25-9-12-32(13-10-25)14-11-25)30-24(34)26(7-8-26)20-6-5-19(28)16-21(20)29/h1-6,16,22H,7-15H2,(H,30,34)(H,31,33). The summed E-state index contributed by atoms with van der Waals surface area (Å²) >= 11 is 16.0. The van der Waals surface area contributed by atoms with E-state index in [1.807, 2.05) is 30.3 Å². The molecule has 3 aliphatic heterocycles. The van der Waals surface area contributed by atoms with Crippen LogP contribution in [0.15, 0.2) is 46.9 Å². The number of nitrogens with zero attached hydrogens (tertiary/aromatic N) is 1. The zero-order chi connectivity index (χ0) is 23.9. The summed E-state index contributed by atoms with van der Waals surface area (Å²) in [6, 6.07) is 12.5. The molecule has 180 valence electrons. The number of fused-ring (bicyclic) bond motifs is 3. The second-order valence-corrected chi connectivity index (χ2v) is 11.7. The molecule has 1 saturated carbocycles. The normalized spacial score (nSPS) is 25.4. The van der Waals surface area contributed by atoms with Crippen LogP contribution in [-0.4, -0.2) is 47.9 Å². The number of benzene rings is 2. The van der Waals surface area contributed by atoms with E-state index in [0.717, 1.165) is 54.5 Å². The summed E-state index contributed by atoms with van der Waals surface area (Å²) < 4.78 is 0.975. The van der Waals surface area contributed by atoms with Crippen molar-refractivity contribution in [3.8, 4) is 0 Å². The summed E-state index contributed by atoms with van der Waals surface area (Å²) in [6.45, 7) is 3.05. The van der Waals surface area contributed by atoms with Crippen LogP contribution < -0.4 is 10.6 Å². The lowest BCUT2D eigenvalue weighted by Gasteiger charge is -2.49. The van der Waals surface area contributed by atoms with Gasteiger partial charge in [-0.15, -0.1) is 0 Å². The monoisotopic (exact) mass is 563 g/mol. The van der Waals surface area contributed by atoms with Gasteiger partial charge in [-0.2, -0.15) is 0 Å². The molecule has 1 aliphatic carbocycles. The minimum atomic E-state index is -0.700. The molecule has 2 N–H and O–H groups in total. The summed E-state index contributed by atoms with van der Waals surface area (Å²) in [7, 11) is 0. The Morgan fingerprint density at radius 1 is 0.971 bits per heavy atom. The molecule has 0 aromatic heterocycles. The van der Waals surface area contributed by atoms with Crippen molar-refractivity contribution in [2.45, 2.75) is 55.5 Å². The second-order valence-electron chi connectivity index (χ2n) is 9.92. The zero-order valence-electron chi connectivity index (χ0n) is 18.9. The molecule has 4 fully saturated rings. The number of amides is 2. The number of carbonyl (C=O) groups is 2. The molecule has 4 aliphatic rings. The van der Waals surface area contributed by atoms with Crippen LogP contribution in [0.1, 0.15) is 43.2 Å². The van der Waals surface area contributed by atoms with Gasteiger partial charge in [0.2, 0.25) is 11.8 Å². The second kappa shape index (κ2) is 9.45. The largest absolute Gasteiger partial charge is 0.349 e. The molecular weight excluding hydrogens is 537 g/mol. The van der Waals surface area contributed by atoms with Gasteiger partial charge >= 0.3 is 0 Å². The van der Waals surface area contributed by atoms with E-state index in [1.54, 1.807) is 12.1 Å². The van der Waals surface area contributed by atoms with E-state index in [9.17, 15) is 9.59 Å². The van der Waals surface area contributed by atoms with Gasteiger partial charge in [-0.3, -0.25) is 9.59 Å². The van der Waals surface area contributed by atoms with Gasteiger partial charge in [-0.25, -0.2) is 0 Å². The van der Waals surface area contributed by atoms with E-state index in [1.165, 1.54) is 0 Å². The highest BCUT2D eigenvalue weighted by atomic mass is 79.9. The van der Waals surface area contributed by atoms with Gasteiger partial charge in [0.15, 0.2) is 0 Å². The summed E-state index contributed by atoms with van der Waals surface area (Å²) in [4.78, 5) is 29.6.